The number of para-hydroxylation sites is 1. The van der Waals surface area contributed by atoms with Crippen molar-refractivity contribution in [3.63, 3.8) is 0 Å². The highest BCUT2D eigenvalue weighted by Gasteiger charge is 2.13. The van der Waals surface area contributed by atoms with Gasteiger partial charge in [0.1, 0.15) is 13.2 Å². The first-order valence-corrected chi connectivity index (χ1v) is 3.81. The van der Waals surface area contributed by atoms with Crippen molar-refractivity contribution in [2.45, 2.75) is 0 Å². The summed E-state index contributed by atoms with van der Waals surface area (Å²) in [4.78, 5) is 0. The molecule has 1 aromatic rings. The molecule has 0 atom stereocenters. The van der Waals surface area contributed by atoms with Gasteiger partial charge in [0, 0.05) is 11.8 Å². The Morgan fingerprint density at radius 3 is 2.92 bits per heavy atom. The standard InChI is InChI=1S/C9H9NO2/c10-6-7-2-1-3-8-9(7)12-5-4-11-8/h1-3,6,10H,4-5H2. The van der Waals surface area contributed by atoms with Crippen molar-refractivity contribution in [3.05, 3.63) is 23.8 Å². The lowest BCUT2D eigenvalue weighted by Gasteiger charge is -2.19. The largest absolute Gasteiger partial charge is 0.486 e. The van der Waals surface area contributed by atoms with E-state index in [1.807, 2.05) is 18.2 Å². The molecule has 0 saturated heterocycles. The quantitative estimate of drug-likeness (QED) is 0.637. The van der Waals surface area contributed by atoms with Gasteiger partial charge in [-0.3, -0.25) is 0 Å². The van der Waals surface area contributed by atoms with E-state index in [1.54, 1.807) is 0 Å². The summed E-state index contributed by atoms with van der Waals surface area (Å²) in [6.45, 7) is 1.16. The molecule has 0 amide bonds. The summed E-state index contributed by atoms with van der Waals surface area (Å²) in [5.41, 5.74) is 0.771. The molecule has 1 N–H and O–H groups in total. The summed E-state index contributed by atoms with van der Waals surface area (Å²) in [6.07, 6.45) is 1.27. The van der Waals surface area contributed by atoms with E-state index in [4.69, 9.17) is 14.9 Å². The average Bonchev–Trinajstić information content (AvgIpc) is 2.17. The number of ether oxygens (including phenoxy) is 2. The zero-order valence-corrected chi connectivity index (χ0v) is 6.54. The molecule has 1 aliphatic heterocycles. The molecule has 3 nitrogen and oxygen atoms in total. The van der Waals surface area contributed by atoms with Gasteiger partial charge in [-0.25, -0.2) is 0 Å². The topological polar surface area (TPSA) is 42.3 Å². The lowest BCUT2D eigenvalue weighted by atomic mass is 10.2. The Labute approximate surface area is 70.4 Å². The summed E-state index contributed by atoms with van der Waals surface area (Å²) in [6, 6.07) is 5.54. The predicted octanol–water partition coefficient (Wildman–Crippen LogP) is 1.46. The van der Waals surface area contributed by atoms with E-state index >= 15 is 0 Å². The Morgan fingerprint density at radius 1 is 1.25 bits per heavy atom. The second-order valence-corrected chi connectivity index (χ2v) is 2.52. The smallest absolute Gasteiger partial charge is 0.170 e. The molecular formula is C9H9NO2. The third kappa shape index (κ3) is 1.03. The van der Waals surface area contributed by atoms with Crippen LogP contribution in [0.3, 0.4) is 0 Å². The Bertz CT molecular complexity index is 309. The molecule has 0 spiro atoms. The van der Waals surface area contributed by atoms with Crippen LogP contribution < -0.4 is 9.47 Å². The maximum absolute atomic E-state index is 7.12. The molecule has 2 rings (SSSR count). The first kappa shape index (κ1) is 7.16. The van der Waals surface area contributed by atoms with Crippen LogP contribution in [0.2, 0.25) is 0 Å². The molecule has 1 aliphatic rings. The molecule has 1 aromatic carbocycles. The third-order valence-electron chi connectivity index (χ3n) is 1.75. The molecule has 12 heavy (non-hydrogen) atoms. The molecule has 0 unspecified atom stereocenters. The first-order valence-electron chi connectivity index (χ1n) is 3.81. The third-order valence-corrected chi connectivity index (χ3v) is 1.75. The molecule has 0 bridgehead atoms. The molecule has 0 aliphatic carbocycles. The molecule has 1 heterocycles. The fourth-order valence-electron chi connectivity index (χ4n) is 1.21. The van der Waals surface area contributed by atoms with Crippen molar-refractivity contribution in [2.24, 2.45) is 0 Å². The Balaban J connectivity index is 2.51. The number of nitrogens with one attached hydrogen (secondary N) is 1. The number of hydrogen-bond donors (Lipinski definition) is 1. The van der Waals surface area contributed by atoms with Crippen molar-refractivity contribution in [1.82, 2.24) is 0 Å². The van der Waals surface area contributed by atoms with Gasteiger partial charge in [0.25, 0.3) is 0 Å². The van der Waals surface area contributed by atoms with Crippen molar-refractivity contribution >= 4 is 6.21 Å². The van der Waals surface area contributed by atoms with Gasteiger partial charge in [0.05, 0.1) is 0 Å². The van der Waals surface area contributed by atoms with Gasteiger partial charge >= 0.3 is 0 Å². The van der Waals surface area contributed by atoms with Gasteiger partial charge in [-0.05, 0) is 12.1 Å². The fourth-order valence-corrected chi connectivity index (χ4v) is 1.21. The molecule has 0 saturated carbocycles. The minimum absolute atomic E-state index is 0.567. The predicted molar refractivity (Wildman–Crippen MR) is 45.3 cm³/mol. The van der Waals surface area contributed by atoms with Gasteiger partial charge in [-0.2, -0.15) is 0 Å². The highest BCUT2D eigenvalue weighted by Crippen LogP contribution is 2.32. The van der Waals surface area contributed by atoms with E-state index in [-0.39, 0.29) is 0 Å². The molecular weight excluding hydrogens is 154 g/mol. The van der Waals surface area contributed by atoms with Crippen LogP contribution in [0, 0.1) is 5.41 Å². The SMILES string of the molecule is N=Cc1cccc2c1OCCO2. The Morgan fingerprint density at radius 2 is 2.08 bits per heavy atom. The first-order chi connectivity index (χ1) is 5.92. The normalized spacial score (nSPS) is 14.0. The van der Waals surface area contributed by atoms with Crippen LogP contribution >= 0.6 is 0 Å². The second kappa shape index (κ2) is 2.85. The number of benzene rings is 1. The average molecular weight is 163 g/mol. The minimum atomic E-state index is 0.567. The van der Waals surface area contributed by atoms with E-state index < -0.39 is 0 Å². The summed E-state index contributed by atoms with van der Waals surface area (Å²) in [7, 11) is 0. The van der Waals surface area contributed by atoms with Gasteiger partial charge < -0.3 is 14.9 Å². The summed E-state index contributed by atoms with van der Waals surface area (Å²) < 4.78 is 10.7. The van der Waals surface area contributed by atoms with Crippen LogP contribution in [0.25, 0.3) is 0 Å². The van der Waals surface area contributed by atoms with Crippen molar-refractivity contribution < 1.29 is 9.47 Å². The molecule has 0 aromatic heterocycles. The molecule has 0 radical (unpaired) electrons. The van der Waals surface area contributed by atoms with Crippen LogP contribution in [0.1, 0.15) is 5.56 Å². The van der Waals surface area contributed by atoms with Gasteiger partial charge in [-0.1, -0.05) is 6.07 Å². The highest BCUT2D eigenvalue weighted by molar-refractivity contribution is 5.82. The number of fused-ring (bicyclic) bond motifs is 1. The van der Waals surface area contributed by atoms with Crippen molar-refractivity contribution in [2.75, 3.05) is 13.2 Å². The maximum Gasteiger partial charge on any atom is 0.170 e. The Hall–Kier alpha value is -1.51. The van der Waals surface area contributed by atoms with Crippen LogP contribution in [0.15, 0.2) is 18.2 Å². The van der Waals surface area contributed by atoms with Crippen LogP contribution in [-0.4, -0.2) is 19.4 Å². The van der Waals surface area contributed by atoms with Gasteiger partial charge in [0.2, 0.25) is 0 Å². The zero-order valence-electron chi connectivity index (χ0n) is 6.54. The van der Waals surface area contributed by atoms with Crippen molar-refractivity contribution in [3.8, 4) is 11.5 Å². The molecule has 0 fully saturated rings. The van der Waals surface area contributed by atoms with E-state index in [1.165, 1.54) is 6.21 Å². The van der Waals surface area contributed by atoms with Crippen LogP contribution in [-0.2, 0) is 0 Å². The van der Waals surface area contributed by atoms with E-state index in [0.29, 0.717) is 19.0 Å². The lowest BCUT2D eigenvalue weighted by Crippen LogP contribution is -2.16. The maximum atomic E-state index is 7.12. The van der Waals surface area contributed by atoms with Gasteiger partial charge in [0.15, 0.2) is 11.5 Å². The van der Waals surface area contributed by atoms with Crippen LogP contribution in [0.5, 0.6) is 11.5 Å². The lowest BCUT2D eigenvalue weighted by molar-refractivity contribution is 0.171. The van der Waals surface area contributed by atoms with Gasteiger partial charge in [-0.15, -0.1) is 0 Å². The number of rotatable bonds is 1. The number of hydrogen-bond acceptors (Lipinski definition) is 3. The zero-order chi connectivity index (χ0) is 8.39. The van der Waals surface area contributed by atoms with E-state index in [0.717, 1.165) is 11.3 Å². The van der Waals surface area contributed by atoms with Crippen molar-refractivity contribution in [1.29, 1.82) is 5.41 Å². The fraction of sp³-hybridized carbons (Fsp3) is 0.222. The summed E-state index contributed by atoms with van der Waals surface area (Å²) in [5, 5.41) is 7.12. The summed E-state index contributed by atoms with van der Waals surface area (Å²) >= 11 is 0. The van der Waals surface area contributed by atoms with Crippen LogP contribution in [0.4, 0.5) is 0 Å². The Kier molecular flexibility index (Phi) is 1.70. The highest BCUT2D eigenvalue weighted by atomic mass is 16.6. The van der Waals surface area contributed by atoms with E-state index in [9.17, 15) is 0 Å². The summed E-state index contributed by atoms with van der Waals surface area (Å²) in [5.74, 6) is 1.43. The molecule has 62 valence electrons. The minimum Gasteiger partial charge on any atom is -0.486 e. The monoisotopic (exact) mass is 163 g/mol. The molecule has 3 heteroatoms. The second-order valence-electron chi connectivity index (χ2n) is 2.52. The van der Waals surface area contributed by atoms with E-state index in [2.05, 4.69) is 0 Å².